The lowest BCUT2D eigenvalue weighted by molar-refractivity contribution is -0.120. The SMILES string of the molecule is CNc1ccc(NC(=O)C2CCCCCC2)cn1.Cl. The number of rotatable bonds is 3. The maximum absolute atomic E-state index is 12.1. The predicted octanol–water partition coefficient (Wildman–Crippen LogP) is 3.45. The standard InChI is InChI=1S/C14H21N3O.ClH/c1-15-13-9-8-12(10-16-13)17-14(18)11-6-4-2-3-5-7-11;/h8-11H,2-7H2,1H3,(H,15,16)(H,17,18);1H. The molecule has 1 aliphatic carbocycles. The third kappa shape index (κ3) is 4.71. The quantitative estimate of drug-likeness (QED) is 0.836. The minimum Gasteiger partial charge on any atom is -0.373 e. The molecule has 0 unspecified atom stereocenters. The van der Waals surface area contributed by atoms with Crippen molar-refractivity contribution in [1.29, 1.82) is 0 Å². The molecule has 106 valence electrons. The van der Waals surface area contributed by atoms with E-state index < -0.39 is 0 Å². The number of hydrogen-bond acceptors (Lipinski definition) is 3. The molecule has 4 nitrogen and oxygen atoms in total. The molecule has 0 spiro atoms. The molecule has 1 heterocycles. The van der Waals surface area contributed by atoms with Crippen LogP contribution in [0.5, 0.6) is 0 Å². The first kappa shape index (κ1) is 15.8. The lowest BCUT2D eigenvalue weighted by Gasteiger charge is -2.14. The van der Waals surface area contributed by atoms with E-state index in [9.17, 15) is 4.79 Å². The van der Waals surface area contributed by atoms with E-state index in [4.69, 9.17) is 0 Å². The average Bonchev–Trinajstić information content (AvgIpc) is 2.68. The van der Waals surface area contributed by atoms with E-state index in [0.29, 0.717) is 0 Å². The van der Waals surface area contributed by atoms with E-state index in [1.807, 2.05) is 19.2 Å². The summed E-state index contributed by atoms with van der Waals surface area (Å²) in [7, 11) is 1.83. The fraction of sp³-hybridized carbons (Fsp3) is 0.571. The number of hydrogen-bond donors (Lipinski definition) is 2. The fourth-order valence-corrected chi connectivity index (χ4v) is 2.40. The second-order valence-electron chi connectivity index (χ2n) is 4.86. The van der Waals surface area contributed by atoms with Crippen molar-refractivity contribution in [2.45, 2.75) is 38.5 Å². The Morgan fingerprint density at radius 3 is 2.42 bits per heavy atom. The van der Waals surface area contributed by atoms with E-state index in [-0.39, 0.29) is 24.2 Å². The lowest BCUT2D eigenvalue weighted by Crippen LogP contribution is -2.22. The van der Waals surface area contributed by atoms with Crippen LogP contribution in [0.15, 0.2) is 18.3 Å². The summed E-state index contributed by atoms with van der Waals surface area (Å²) in [6.07, 6.45) is 8.62. The lowest BCUT2D eigenvalue weighted by atomic mass is 9.99. The van der Waals surface area contributed by atoms with Crippen molar-refractivity contribution in [3.63, 3.8) is 0 Å². The van der Waals surface area contributed by atoms with Gasteiger partial charge in [0.15, 0.2) is 0 Å². The Labute approximate surface area is 120 Å². The van der Waals surface area contributed by atoms with Crippen LogP contribution in [0, 0.1) is 5.92 Å². The van der Waals surface area contributed by atoms with Gasteiger partial charge in [-0.15, -0.1) is 12.4 Å². The Balaban J connectivity index is 0.00000180. The second-order valence-corrected chi connectivity index (χ2v) is 4.86. The molecule has 0 aliphatic heterocycles. The summed E-state index contributed by atoms with van der Waals surface area (Å²) < 4.78 is 0. The Morgan fingerprint density at radius 1 is 1.21 bits per heavy atom. The van der Waals surface area contributed by atoms with Gasteiger partial charge in [-0.2, -0.15) is 0 Å². The van der Waals surface area contributed by atoms with Gasteiger partial charge < -0.3 is 10.6 Å². The summed E-state index contributed by atoms with van der Waals surface area (Å²) in [5, 5.41) is 5.92. The molecule has 1 amide bonds. The third-order valence-corrected chi connectivity index (χ3v) is 3.51. The van der Waals surface area contributed by atoms with Crippen LogP contribution >= 0.6 is 12.4 Å². The average molecular weight is 284 g/mol. The van der Waals surface area contributed by atoms with Crippen molar-refractivity contribution in [2.75, 3.05) is 17.7 Å². The van der Waals surface area contributed by atoms with Crippen molar-refractivity contribution in [2.24, 2.45) is 5.92 Å². The van der Waals surface area contributed by atoms with Crippen molar-refractivity contribution in [1.82, 2.24) is 4.98 Å². The maximum atomic E-state index is 12.1. The molecule has 0 radical (unpaired) electrons. The first-order chi connectivity index (χ1) is 8.79. The van der Waals surface area contributed by atoms with Gasteiger partial charge in [0.2, 0.25) is 5.91 Å². The number of pyridine rings is 1. The predicted molar refractivity (Wildman–Crippen MR) is 80.9 cm³/mol. The van der Waals surface area contributed by atoms with Gasteiger partial charge in [0, 0.05) is 13.0 Å². The van der Waals surface area contributed by atoms with Crippen molar-refractivity contribution in [3.8, 4) is 0 Å². The summed E-state index contributed by atoms with van der Waals surface area (Å²) >= 11 is 0. The van der Waals surface area contributed by atoms with E-state index in [1.54, 1.807) is 6.20 Å². The van der Waals surface area contributed by atoms with Crippen molar-refractivity contribution in [3.05, 3.63) is 18.3 Å². The molecule has 5 heteroatoms. The summed E-state index contributed by atoms with van der Waals surface area (Å²) in [6, 6.07) is 3.75. The Morgan fingerprint density at radius 2 is 1.89 bits per heavy atom. The van der Waals surface area contributed by atoms with Crippen LogP contribution in [0.4, 0.5) is 11.5 Å². The number of nitrogens with one attached hydrogen (secondary N) is 2. The van der Waals surface area contributed by atoms with Crippen LogP contribution in [-0.4, -0.2) is 17.9 Å². The zero-order valence-corrected chi connectivity index (χ0v) is 12.1. The second kappa shape index (κ2) is 8.00. The molecule has 2 N–H and O–H groups in total. The summed E-state index contributed by atoms with van der Waals surface area (Å²) in [4.78, 5) is 16.3. The molecule has 0 aromatic carbocycles. The number of halogens is 1. The molecule has 0 atom stereocenters. The fourth-order valence-electron chi connectivity index (χ4n) is 2.40. The molecule has 1 aromatic heterocycles. The van der Waals surface area contributed by atoms with Crippen LogP contribution < -0.4 is 10.6 Å². The third-order valence-electron chi connectivity index (χ3n) is 3.51. The van der Waals surface area contributed by atoms with E-state index in [1.165, 1.54) is 25.7 Å². The summed E-state index contributed by atoms with van der Waals surface area (Å²) in [5.74, 6) is 1.13. The Bertz CT molecular complexity index is 386. The normalized spacial score (nSPS) is 16.1. The molecular formula is C14H22ClN3O. The topological polar surface area (TPSA) is 54.0 Å². The van der Waals surface area contributed by atoms with Gasteiger partial charge in [0.25, 0.3) is 0 Å². The Hall–Kier alpha value is -1.29. The van der Waals surface area contributed by atoms with Gasteiger partial charge in [0.05, 0.1) is 11.9 Å². The number of anilines is 2. The van der Waals surface area contributed by atoms with Crippen LogP contribution in [0.25, 0.3) is 0 Å². The van der Waals surface area contributed by atoms with Crippen molar-refractivity contribution < 1.29 is 4.79 Å². The van der Waals surface area contributed by atoms with E-state index >= 15 is 0 Å². The zero-order chi connectivity index (χ0) is 12.8. The first-order valence-corrected chi connectivity index (χ1v) is 6.74. The molecule has 1 saturated carbocycles. The number of amides is 1. The van der Waals surface area contributed by atoms with Crippen LogP contribution in [0.1, 0.15) is 38.5 Å². The molecule has 1 fully saturated rings. The van der Waals surface area contributed by atoms with Gasteiger partial charge >= 0.3 is 0 Å². The largest absolute Gasteiger partial charge is 0.373 e. The highest BCUT2D eigenvalue weighted by Crippen LogP contribution is 2.24. The minimum atomic E-state index is 0. The molecular weight excluding hydrogens is 262 g/mol. The maximum Gasteiger partial charge on any atom is 0.227 e. The molecule has 1 aromatic rings. The number of carbonyl (C=O) groups is 1. The molecule has 2 rings (SSSR count). The number of nitrogens with zero attached hydrogens (tertiary/aromatic N) is 1. The van der Waals surface area contributed by atoms with Crippen LogP contribution in [-0.2, 0) is 4.79 Å². The minimum absolute atomic E-state index is 0. The Kier molecular flexibility index (Phi) is 6.64. The summed E-state index contributed by atoms with van der Waals surface area (Å²) in [5.41, 5.74) is 0.781. The number of aromatic nitrogens is 1. The molecule has 1 aliphatic rings. The van der Waals surface area contributed by atoms with Crippen molar-refractivity contribution >= 4 is 29.8 Å². The summed E-state index contributed by atoms with van der Waals surface area (Å²) in [6.45, 7) is 0. The van der Waals surface area contributed by atoms with Gasteiger partial charge in [-0.05, 0) is 25.0 Å². The molecule has 0 saturated heterocycles. The van der Waals surface area contributed by atoms with E-state index in [2.05, 4.69) is 15.6 Å². The molecule has 19 heavy (non-hydrogen) atoms. The molecule has 0 bridgehead atoms. The number of carbonyl (C=O) groups excluding carboxylic acids is 1. The van der Waals surface area contributed by atoms with Gasteiger partial charge in [0.1, 0.15) is 5.82 Å². The first-order valence-electron chi connectivity index (χ1n) is 6.74. The monoisotopic (exact) mass is 283 g/mol. The zero-order valence-electron chi connectivity index (χ0n) is 11.3. The van der Waals surface area contributed by atoms with Gasteiger partial charge in [-0.1, -0.05) is 25.7 Å². The van der Waals surface area contributed by atoms with Crippen LogP contribution in [0.2, 0.25) is 0 Å². The van der Waals surface area contributed by atoms with Crippen LogP contribution in [0.3, 0.4) is 0 Å². The van der Waals surface area contributed by atoms with E-state index in [0.717, 1.165) is 24.3 Å². The smallest absolute Gasteiger partial charge is 0.227 e. The van der Waals surface area contributed by atoms with Gasteiger partial charge in [-0.25, -0.2) is 4.98 Å². The highest BCUT2D eigenvalue weighted by Gasteiger charge is 2.19. The van der Waals surface area contributed by atoms with Gasteiger partial charge in [-0.3, -0.25) is 4.79 Å². The highest BCUT2D eigenvalue weighted by molar-refractivity contribution is 5.92. The highest BCUT2D eigenvalue weighted by atomic mass is 35.5.